The first-order chi connectivity index (χ1) is 9.44. The van der Waals surface area contributed by atoms with Crippen LogP contribution in [0.2, 0.25) is 5.02 Å². The molecule has 2 rings (SSSR count). The van der Waals surface area contributed by atoms with Crippen molar-refractivity contribution in [1.82, 2.24) is 0 Å². The molecule has 0 heterocycles. The number of nitrogens with two attached hydrogens (primary N) is 1. The molecule has 20 heavy (non-hydrogen) atoms. The Bertz CT molecular complexity index is 726. The summed E-state index contributed by atoms with van der Waals surface area (Å²) in [5.74, 6) is -0.0621. The highest BCUT2D eigenvalue weighted by Gasteiger charge is 2.19. The molecule has 0 aromatic heterocycles. The van der Waals surface area contributed by atoms with E-state index >= 15 is 0 Å². The van der Waals surface area contributed by atoms with Gasteiger partial charge in [0.05, 0.1) is 15.7 Å². The molecular formula is C15H16ClNO2S. The number of hydrogen-bond acceptors (Lipinski definition) is 3. The van der Waals surface area contributed by atoms with Crippen molar-refractivity contribution in [3.8, 4) is 0 Å². The Labute approximate surface area is 124 Å². The van der Waals surface area contributed by atoms with Gasteiger partial charge in [-0.2, -0.15) is 0 Å². The zero-order chi connectivity index (χ0) is 14.8. The Balaban J connectivity index is 2.36. The standard InChI is InChI=1S/C15H16ClNO2S/c1-11-8-12(9-17)6-7-13(11)10-20(18,19)15-5-3-2-4-14(15)16/h2-8H,9-10,17H2,1H3. The van der Waals surface area contributed by atoms with Crippen LogP contribution < -0.4 is 5.73 Å². The normalized spacial score (nSPS) is 11.6. The minimum absolute atomic E-state index is 0.0621. The van der Waals surface area contributed by atoms with Crippen molar-refractivity contribution < 1.29 is 8.42 Å². The molecule has 0 fully saturated rings. The van der Waals surface area contributed by atoms with E-state index in [0.29, 0.717) is 6.54 Å². The third kappa shape index (κ3) is 3.20. The molecule has 0 saturated carbocycles. The molecule has 0 bridgehead atoms. The molecular weight excluding hydrogens is 294 g/mol. The van der Waals surface area contributed by atoms with Crippen LogP contribution in [0, 0.1) is 6.92 Å². The summed E-state index contributed by atoms with van der Waals surface area (Å²) in [6.07, 6.45) is 0. The molecule has 106 valence electrons. The fourth-order valence-corrected chi connectivity index (χ4v) is 4.05. The molecule has 0 saturated heterocycles. The maximum Gasteiger partial charge on any atom is 0.183 e. The quantitative estimate of drug-likeness (QED) is 0.944. The van der Waals surface area contributed by atoms with Crippen molar-refractivity contribution >= 4 is 21.4 Å². The number of rotatable bonds is 4. The van der Waals surface area contributed by atoms with Gasteiger partial charge >= 0.3 is 0 Å². The van der Waals surface area contributed by atoms with E-state index in [4.69, 9.17) is 17.3 Å². The van der Waals surface area contributed by atoms with Gasteiger partial charge in [0, 0.05) is 6.54 Å². The molecule has 0 unspecified atom stereocenters. The maximum atomic E-state index is 12.4. The molecule has 0 atom stereocenters. The Morgan fingerprint density at radius 3 is 2.45 bits per heavy atom. The molecule has 0 radical (unpaired) electrons. The highest BCUT2D eigenvalue weighted by Crippen LogP contribution is 2.25. The third-order valence-corrected chi connectivity index (χ3v) is 5.32. The van der Waals surface area contributed by atoms with Gasteiger partial charge in [-0.05, 0) is 35.7 Å². The Hall–Kier alpha value is -1.36. The molecule has 3 nitrogen and oxygen atoms in total. The number of sulfone groups is 1. The lowest BCUT2D eigenvalue weighted by Gasteiger charge is -2.10. The van der Waals surface area contributed by atoms with Crippen LogP contribution in [-0.4, -0.2) is 8.42 Å². The Morgan fingerprint density at radius 2 is 1.85 bits per heavy atom. The predicted octanol–water partition coefficient (Wildman–Crippen LogP) is 3.08. The van der Waals surface area contributed by atoms with Gasteiger partial charge in [-0.3, -0.25) is 0 Å². The smallest absolute Gasteiger partial charge is 0.183 e. The van der Waals surface area contributed by atoms with Gasteiger partial charge in [-0.25, -0.2) is 8.42 Å². The van der Waals surface area contributed by atoms with Crippen LogP contribution >= 0.6 is 11.6 Å². The summed E-state index contributed by atoms with van der Waals surface area (Å²) >= 11 is 5.97. The predicted molar refractivity (Wildman–Crippen MR) is 81.4 cm³/mol. The second kappa shape index (κ2) is 5.95. The van der Waals surface area contributed by atoms with E-state index < -0.39 is 9.84 Å². The van der Waals surface area contributed by atoms with Crippen molar-refractivity contribution in [3.63, 3.8) is 0 Å². The zero-order valence-electron chi connectivity index (χ0n) is 11.1. The largest absolute Gasteiger partial charge is 0.326 e. The van der Waals surface area contributed by atoms with Crippen LogP contribution in [-0.2, 0) is 22.1 Å². The summed E-state index contributed by atoms with van der Waals surface area (Å²) in [6.45, 7) is 2.33. The van der Waals surface area contributed by atoms with Gasteiger partial charge in [-0.1, -0.05) is 41.9 Å². The first-order valence-corrected chi connectivity index (χ1v) is 8.23. The SMILES string of the molecule is Cc1cc(CN)ccc1CS(=O)(=O)c1ccccc1Cl. The van der Waals surface area contributed by atoms with Crippen LogP contribution in [0.5, 0.6) is 0 Å². The van der Waals surface area contributed by atoms with Gasteiger partial charge in [0.2, 0.25) is 0 Å². The van der Waals surface area contributed by atoms with Crippen molar-refractivity contribution in [2.24, 2.45) is 5.73 Å². The Kier molecular flexibility index (Phi) is 4.48. The second-order valence-electron chi connectivity index (χ2n) is 4.65. The summed E-state index contributed by atoms with van der Waals surface area (Å²) < 4.78 is 24.8. The molecule has 2 aromatic rings. The molecule has 0 aliphatic rings. The van der Waals surface area contributed by atoms with Gasteiger partial charge in [0.1, 0.15) is 0 Å². The Morgan fingerprint density at radius 1 is 1.15 bits per heavy atom. The minimum Gasteiger partial charge on any atom is -0.326 e. The lowest BCUT2D eigenvalue weighted by Crippen LogP contribution is -2.07. The van der Waals surface area contributed by atoms with Crippen molar-refractivity contribution in [2.75, 3.05) is 0 Å². The first kappa shape index (κ1) is 15.0. The van der Waals surface area contributed by atoms with E-state index in [-0.39, 0.29) is 15.7 Å². The van der Waals surface area contributed by atoms with Crippen LogP contribution in [0.25, 0.3) is 0 Å². The summed E-state index contributed by atoms with van der Waals surface area (Å²) in [7, 11) is -3.45. The van der Waals surface area contributed by atoms with Crippen molar-refractivity contribution in [2.45, 2.75) is 24.1 Å². The molecule has 0 spiro atoms. The number of halogens is 1. The van der Waals surface area contributed by atoms with E-state index in [2.05, 4.69) is 0 Å². The van der Waals surface area contributed by atoms with E-state index in [1.807, 2.05) is 25.1 Å². The van der Waals surface area contributed by atoms with Crippen LogP contribution in [0.1, 0.15) is 16.7 Å². The molecule has 5 heteroatoms. The summed E-state index contributed by atoms with van der Waals surface area (Å²) in [4.78, 5) is 0.170. The maximum absolute atomic E-state index is 12.4. The van der Waals surface area contributed by atoms with E-state index in [1.165, 1.54) is 6.07 Å². The molecule has 0 aliphatic carbocycles. The van der Waals surface area contributed by atoms with Crippen LogP contribution in [0.3, 0.4) is 0 Å². The zero-order valence-corrected chi connectivity index (χ0v) is 12.7. The lowest BCUT2D eigenvalue weighted by atomic mass is 10.1. The highest BCUT2D eigenvalue weighted by atomic mass is 35.5. The first-order valence-electron chi connectivity index (χ1n) is 6.20. The number of hydrogen-bond donors (Lipinski definition) is 1. The third-order valence-electron chi connectivity index (χ3n) is 3.16. The summed E-state index contributed by atoms with van der Waals surface area (Å²) in [5.41, 5.74) is 8.24. The van der Waals surface area contributed by atoms with E-state index in [9.17, 15) is 8.42 Å². The monoisotopic (exact) mass is 309 g/mol. The van der Waals surface area contributed by atoms with E-state index in [0.717, 1.165) is 16.7 Å². The number of aryl methyl sites for hydroxylation is 1. The fourth-order valence-electron chi connectivity index (χ4n) is 2.03. The van der Waals surface area contributed by atoms with Gasteiger partial charge in [0.15, 0.2) is 9.84 Å². The average Bonchev–Trinajstić information content (AvgIpc) is 2.41. The fraction of sp³-hybridized carbons (Fsp3) is 0.200. The summed E-state index contributed by atoms with van der Waals surface area (Å²) in [5, 5.41) is 0.253. The highest BCUT2D eigenvalue weighted by molar-refractivity contribution is 7.90. The molecule has 2 N–H and O–H groups in total. The minimum atomic E-state index is -3.45. The van der Waals surface area contributed by atoms with E-state index in [1.54, 1.807) is 18.2 Å². The summed E-state index contributed by atoms with van der Waals surface area (Å²) in [6, 6.07) is 12.1. The van der Waals surface area contributed by atoms with Crippen LogP contribution in [0.4, 0.5) is 0 Å². The molecule has 2 aromatic carbocycles. The van der Waals surface area contributed by atoms with Crippen LogP contribution in [0.15, 0.2) is 47.4 Å². The average molecular weight is 310 g/mol. The molecule has 0 aliphatic heterocycles. The second-order valence-corrected chi connectivity index (χ2v) is 7.02. The lowest BCUT2D eigenvalue weighted by molar-refractivity contribution is 0.595. The molecule has 0 amide bonds. The van der Waals surface area contributed by atoms with Gasteiger partial charge < -0.3 is 5.73 Å². The topological polar surface area (TPSA) is 60.2 Å². The van der Waals surface area contributed by atoms with Crippen molar-refractivity contribution in [3.05, 3.63) is 64.2 Å². The van der Waals surface area contributed by atoms with Crippen molar-refractivity contribution in [1.29, 1.82) is 0 Å². The van der Waals surface area contributed by atoms with Gasteiger partial charge in [0.25, 0.3) is 0 Å². The number of benzene rings is 2. The van der Waals surface area contributed by atoms with Gasteiger partial charge in [-0.15, -0.1) is 0 Å².